The maximum Gasteiger partial charge on any atom is 0.253 e. The molecule has 186 valence electrons. The van der Waals surface area contributed by atoms with E-state index in [1.807, 2.05) is 10.7 Å². The Kier molecular flexibility index (Phi) is 6.27. The summed E-state index contributed by atoms with van der Waals surface area (Å²) in [7, 11) is 0. The highest BCUT2D eigenvalue weighted by atomic mass is 16.1. The van der Waals surface area contributed by atoms with Crippen LogP contribution in [0.5, 0.6) is 0 Å². The van der Waals surface area contributed by atoms with Gasteiger partial charge < -0.3 is 9.88 Å². The van der Waals surface area contributed by atoms with Gasteiger partial charge in [0.15, 0.2) is 5.82 Å². The molecule has 0 amide bonds. The van der Waals surface area contributed by atoms with Gasteiger partial charge in [-0.3, -0.25) is 9.69 Å². The van der Waals surface area contributed by atoms with Crippen molar-refractivity contribution in [1.82, 2.24) is 30.1 Å². The van der Waals surface area contributed by atoms with Gasteiger partial charge in [-0.05, 0) is 71.0 Å². The minimum absolute atomic E-state index is 0.0665. The number of hydrogen-bond donors (Lipinski definition) is 1. The van der Waals surface area contributed by atoms with Crippen LogP contribution in [0.1, 0.15) is 61.6 Å². The third-order valence-electron chi connectivity index (χ3n) is 7.87. The average molecular weight is 484 g/mol. The molecule has 0 bridgehead atoms. The molecule has 2 fully saturated rings. The number of benzene rings is 2. The maximum atomic E-state index is 13.5. The van der Waals surface area contributed by atoms with Crippen molar-refractivity contribution in [2.45, 2.75) is 51.1 Å². The first-order valence-electron chi connectivity index (χ1n) is 13.2. The fourth-order valence-corrected chi connectivity index (χ4v) is 5.86. The Labute approximate surface area is 210 Å². The van der Waals surface area contributed by atoms with Crippen molar-refractivity contribution >= 4 is 16.6 Å². The third kappa shape index (κ3) is 4.30. The van der Waals surface area contributed by atoms with E-state index in [9.17, 15) is 4.79 Å². The average Bonchev–Trinajstić information content (AvgIpc) is 3.62. The number of fused-ring (bicyclic) bond motifs is 1. The molecule has 36 heavy (non-hydrogen) atoms. The van der Waals surface area contributed by atoms with Crippen LogP contribution >= 0.6 is 0 Å². The Morgan fingerprint density at radius 3 is 2.53 bits per heavy atom. The molecule has 1 N–H and O–H groups in total. The van der Waals surface area contributed by atoms with Gasteiger partial charge in [0.25, 0.3) is 5.56 Å². The molecule has 2 aliphatic rings. The van der Waals surface area contributed by atoms with Crippen molar-refractivity contribution in [3.63, 3.8) is 0 Å². The van der Waals surface area contributed by atoms with E-state index in [0.717, 1.165) is 67.7 Å². The lowest BCUT2D eigenvalue weighted by molar-refractivity contribution is 0.197. The molecule has 1 aliphatic carbocycles. The second-order valence-electron chi connectivity index (χ2n) is 10.0. The summed E-state index contributed by atoms with van der Waals surface area (Å²) in [6.07, 6.45) is 5.51. The molecule has 2 aromatic carbocycles. The van der Waals surface area contributed by atoms with Gasteiger partial charge in [0.05, 0.1) is 6.04 Å². The summed E-state index contributed by atoms with van der Waals surface area (Å²) < 4.78 is 2.01. The number of nitrogens with zero attached hydrogens (tertiary/aromatic N) is 6. The van der Waals surface area contributed by atoms with E-state index in [4.69, 9.17) is 0 Å². The van der Waals surface area contributed by atoms with Crippen molar-refractivity contribution in [3.8, 4) is 0 Å². The van der Waals surface area contributed by atoms with Crippen LogP contribution in [0.3, 0.4) is 0 Å². The second kappa shape index (κ2) is 9.85. The number of hydrogen-bond acceptors (Lipinski definition) is 6. The van der Waals surface area contributed by atoms with Gasteiger partial charge in [-0.25, -0.2) is 4.68 Å². The van der Waals surface area contributed by atoms with E-state index in [0.29, 0.717) is 6.04 Å². The van der Waals surface area contributed by atoms with E-state index in [1.165, 1.54) is 24.1 Å². The summed E-state index contributed by atoms with van der Waals surface area (Å²) in [5.41, 5.74) is 4.01. The zero-order valence-electron chi connectivity index (χ0n) is 20.8. The fourth-order valence-electron chi connectivity index (χ4n) is 5.86. The number of nitrogens with one attached hydrogen (secondary N) is 1. The number of anilines is 1. The molecule has 3 heterocycles. The van der Waals surface area contributed by atoms with E-state index >= 15 is 0 Å². The zero-order chi connectivity index (χ0) is 24.5. The van der Waals surface area contributed by atoms with Crippen molar-refractivity contribution in [3.05, 3.63) is 81.9 Å². The molecule has 8 nitrogen and oxygen atoms in total. The highest BCUT2D eigenvalue weighted by molar-refractivity contribution is 5.80. The molecule has 1 saturated heterocycles. The van der Waals surface area contributed by atoms with E-state index in [1.54, 1.807) is 0 Å². The van der Waals surface area contributed by atoms with Gasteiger partial charge in [-0.15, -0.1) is 5.10 Å². The summed E-state index contributed by atoms with van der Waals surface area (Å²) in [5, 5.41) is 14.1. The number of aromatic nitrogens is 5. The van der Waals surface area contributed by atoms with Crippen LogP contribution in [0.2, 0.25) is 0 Å². The highest BCUT2D eigenvalue weighted by Crippen LogP contribution is 2.34. The molecule has 1 unspecified atom stereocenters. The first-order chi connectivity index (χ1) is 17.7. The minimum atomic E-state index is -0.294. The van der Waals surface area contributed by atoms with Gasteiger partial charge in [-0.2, -0.15) is 0 Å². The van der Waals surface area contributed by atoms with Crippen LogP contribution in [0.4, 0.5) is 5.69 Å². The first kappa shape index (κ1) is 22.9. The normalized spacial score (nSPS) is 18.2. The number of aromatic amines is 1. The van der Waals surface area contributed by atoms with Crippen LogP contribution in [0, 0.1) is 0 Å². The number of para-hydroxylation sites is 1. The quantitative estimate of drug-likeness (QED) is 0.445. The van der Waals surface area contributed by atoms with Crippen LogP contribution in [0.15, 0.2) is 59.4 Å². The lowest BCUT2D eigenvalue weighted by Gasteiger charge is -2.39. The molecular formula is C28H33N7O. The summed E-state index contributed by atoms with van der Waals surface area (Å²) in [6.45, 7) is 5.57. The van der Waals surface area contributed by atoms with Gasteiger partial charge in [0.1, 0.15) is 6.04 Å². The Balaban J connectivity index is 1.40. The van der Waals surface area contributed by atoms with Gasteiger partial charge in [-0.1, -0.05) is 44.0 Å². The summed E-state index contributed by atoms with van der Waals surface area (Å²) in [5.74, 6) is 0.784. The lowest BCUT2D eigenvalue weighted by atomic mass is 10.0. The van der Waals surface area contributed by atoms with Gasteiger partial charge in [0, 0.05) is 42.9 Å². The topological polar surface area (TPSA) is 82.9 Å². The predicted molar refractivity (Wildman–Crippen MR) is 141 cm³/mol. The Hall–Kier alpha value is -3.52. The monoisotopic (exact) mass is 483 g/mol. The Bertz CT molecular complexity index is 1380. The lowest BCUT2D eigenvalue weighted by Crippen LogP contribution is -2.49. The predicted octanol–water partition coefficient (Wildman–Crippen LogP) is 4.10. The number of piperazine rings is 1. The van der Waals surface area contributed by atoms with Gasteiger partial charge >= 0.3 is 0 Å². The molecule has 1 aliphatic heterocycles. The molecule has 1 atom stereocenters. The van der Waals surface area contributed by atoms with Crippen LogP contribution in [0.25, 0.3) is 10.9 Å². The fraction of sp³-hybridized carbons (Fsp3) is 0.429. The Morgan fingerprint density at radius 1 is 1.00 bits per heavy atom. The molecule has 8 heteroatoms. The van der Waals surface area contributed by atoms with Crippen molar-refractivity contribution in [1.29, 1.82) is 0 Å². The summed E-state index contributed by atoms with van der Waals surface area (Å²) in [4.78, 5) is 21.5. The molecular weight excluding hydrogens is 450 g/mol. The number of pyridine rings is 1. The number of H-pyrrole nitrogens is 1. The van der Waals surface area contributed by atoms with Crippen molar-refractivity contribution in [2.24, 2.45) is 0 Å². The van der Waals surface area contributed by atoms with Crippen LogP contribution in [-0.2, 0) is 6.42 Å². The van der Waals surface area contributed by atoms with E-state index in [2.05, 4.69) is 85.8 Å². The summed E-state index contributed by atoms with van der Waals surface area (Å²) >= 11 is 0. The number of aryl methyl sites for hydroxylation is 1. The van der Waals surface area contributed by atoms with Crippen LogP contribution in [-0.4, -0.2) is 56.3 Å². The van der Waals surface area contributed by atoms with Gasteiger partial charge in [0.2, 0.25) is 0 Å². The maximum absolute atomic E-state index is 13.5. The minimum Gasteiger partial charge on any atom is -0.369 e. The molecule has 2 aromatic heterocycles. The standard InChI is InChI=1S/C28H33N7O/c1-2-20-12-13-25-21(18-20)19-24(28(36)29-25)26(27-30-31-32-35(27)23-10-6-7-11-23)34-16-14-33(15-17-34)22-8-4-3-5-9-22/h3-5,8-9,12-13,18-19,23,26H,2,6-7,10-11,14-17H2,1H3,(H,29,36). The largest absolute Gasteiger partial charge is 0.369 e. The van der Waals surface area contributed by atoms with Crippen LogP contribution < -0.4 is 10.5 Å². The first-order valence-corrected chi connectivity index (χ1v) is 13.2. The van der Waals surface area contributed by atoms with Crippen molar-refractivity contribution < 1.29 is 0 Å². The van der Waals surface area contributed by atoms with E-state index < -0.39 is 0 Å². The Morgan fingerprint density at radius 2 is 1.78 bits per heavy atom. The summed E-state index contributed by atoms with van der Waals surface area (Å²) in [6, 6.07) is 18.9. The molecule has 0 spiro atoms. The molecule has 6 rings (SSSR count). The SMILES string of the molecule is CCc1ccc2[nH]c(=O)c(C(c3nnnn3C3CCCC3)N3CCN(c4ccccc4)CC3)cc2c1. The molecule has 1 saturated carbocycles. The molecule has 0 radical (unpaired) electrons. The highest BCUT2D eigenvalue weighted by Gasteiger charge is 2.34. The zero-order valence-corrected chi connectivity index (χ0v) is 20.8. The van der Waals surface area contributed by atoms with Crippen molar-refractivity contribution in [2.75, 3.05) is 31.1 Å². The smallest absolute Gasteiger partial charge is 0.253 e. The second-order valence-corrected chi connectivity index (χ2v) is 10.0. The molecule has 4 aromatic rings. The number of tetrazole rings is 1. The third-order valence-corrected chi connectivity index (χ3v) is 7.87. The van der Waals surface area contributed by atoms with E-state index in [-0.39, 0.29) is 11.6 Å². The number of rotatable bonds is 6.